The summed E-state index contributed by atoms with van der Waals surface area (Å²) in [6.07, 6.45) is -4.44. The van der Waals surface area contributed by atoms with Crippen LogP contribution in [-0.4, -0.2) is 17.2 Å². The molecular weight excluding hydrogens is 270 g/mol. The number of alkyl halides is 3. The number of hydrogen-bond acceptors (Lipinski definition) is 3. The van der Waals surface area contributed by atoms with E-state index in [-0.39, 0.29) is 11.2 Å². The third-order valence-corrected chi connectivity index (χ3v) is 2.72. The van der Waals surface area contributed by atoms with Crippen molar-refractivity contribution in [1.82, 2.24) is 0 Å². The minimum Gasteiger partial charge on any atom is -0.423 e. The lowest BCUT2D eigenvalue weighted by molar-refractivity contribution is -0.136. The van der Waals surface area contributed by atoms with Crippen molar-refractivity contribution in [3.63, 3.8) is 0 Å². The number of rotatable bonds is 3. The molecule has 0 saturated heterocycles. The van der Waals surface area contributed by atoms with Gasteiger partial charge in [0.05, 0.1) is 11.3 Å². The Kier molecular flexibility index (Phi) is 4.01. The third-order valence-electron chi connectivity index (χ3n) is 2.72. The van der Waals surface area contributed by atoms with Crippen LogP contribution < -0.4 is 10.8 Å². The zero-order chi connectivity index (χ0) is 14.8. The van der Waals surface area contributed by atoms with Gasteiger partial charge < -0.3 is 15.4 Å². The van der Waals surface area contributed by atoms with Crippen LogP contribution in [0.5, 0.6) is 0 Å². The fraction of sp³-hybridized carbons (Fsp3) is 0.0769. The molecule has 0 aliphatic heterocycles. The molecule has 2 aromatic carbocycles. The zero-order valence-corrected chi connectivity index (χ0v) is 10.2. The number of anilines is 2. The summed E-state index contributed by atoms with van der Waals surface area (Å²) in [5.74, 6) is 0. The largest absolute Gasteiger partial charge is 0.488 e. The van der Waals surface area contributed by atoms with E-state index < -0.39 is 18.9 Å². The van der Waals surface area contributed by atoms with Crippen molar-refractivity contribution in [3.05, 3.63) is 54.1 Å². The van der Waals surface area contributed by atoms with E-state index in [9.17, 15) is 13.2 Å². The SMILES string of the molecule is OB(O)c1ccc(Nc2ccccc2C(F)(F)F)cc1. The predicted octanol–water partition coefficient (Wildman–Crippen LogP) is 2.13. The highest BCUT2D eigenvalue weighted by atomic mass is 19.4. The Hall–Kier alpha value is -1.99. The summed E-state index contributed by atoms with van der Waals surface area (Å²) in [5.41, 5.74) is -0.130. The van der Waals surface area contributed by atoms with Gasteiger partial charge in [0.2, 0.25) is 0 Å². The summed E-state index contributed by atoms with van der Waals surface area (Å²) in [6.45, 7) is 0. The van der Waals surface area contributed by atoms with Gasteiger partial charge in [-0.05, 0) is 29.7 Å². The summed E-state index contributed by atoms with van der Waals surface area (Å²) < 4.78 is 38.4. The summed E-state index contributed by atoms with van der Waals surface area (Å²) >= 11 is 0. The first-order valence-corrected chi connectivity index (χ1v) is 5.77. The predicted molar refractivity (Wildman–Crippen MR) is 71.0 cm³/mol. The Morgan fingerprint density at radius 2 is 1.50 bits per heavy atom. The van der Waals surface area contributed by atoms with Crippen LogP contribution in [0.2, 0.25) is 0 Å². The molecule has 0 atom stereocenters. The maximum absolute atomic E-state index is 12.8. The van der Waals surface area contributed by atoms with Crippen LogP contribution in [0.1, 0.15) is 5.56 Å². The van der Waals surface area contributed by atoms with Crippen LogP contribution in [0.4, 0.5) is 24.5 Å². The summed E-state index contributed by atoms with van der Waals surface area (Å²) in [7, 11) is -1.61. The molecule has 2 rings (SSSR count). The van der Waals surface area contributed by atoms with Crippen molar-refractivity contribution in [2.75, 3.05) is 5.32 Å². The van der Waals surface area contributed by atoms with Gasteiger partial charge in [-0.3, -0.25) is 0 Å². The van der Waals surface area contributed by atoms with Gasteiger partial charge in [0, 0.05) is 5.69 Å². The topological polar surface area (TPSA) is 52.5 Å². The van der Waals surface area contributed by atoms with Gasteiger partial charge in [0.15, 0.2) is 0 Å². The second-order valence-electron chi connectivity index (χ2n) is 4.16. The van der Waals surface area contributed by atoms with Crippen LogP contribution in [0.25, 0.3) is 0 Å². The lowest BCUT2D eigenvalue weighted by Crippen LogP contribution is -2.29. The number of para-hydroxylation sites is 1. The minimum atomic E-state index is -4.44. The minimum absolute atomic E-state index is 0.0581. The molecule has 0 saturated carbocycles. The van der Waals surface area contributed by atoms with Crippen LogP contribution in [0, 0.1) is 0 Å². The molecule has 3 nitrogen and oxygen atoms in total. The molecule has 0 fully saturated rings. The maximum Gasteiger partial charge on any atom is 0.488 e. The molecule has 2 aromatic rings. The highest BCUT2D eigenvalue weighted by Gasteiger charge is 2.33. The molecule has 104 valence electrons. The Balaban J connectivity index is 2.26. The molecule has 0 heterocycles. The van der Waals surface area contributed by atoms with Crippen LogP contribution in [0.3, 0.4) is 0 Å². The summed E-state index contributed by atoms with van der Waals surface area (Å²) in [6, 6.07) is 10.9. The fourth-order valence-electron chi connectivity index (χ4n) is 1.73. The summed E-state index contributed by atoms with van der Waals surface area (Å²) in [4.78, 5) is 0. The van der Waals surface area contributed by atoms with Crippen LogP contribution in [-0.2, 0) is 6.18 Å². The first-order valence-electron chi connectivity index (χ1n) is 5.77. The second kappa shape index (κ2) is 5.56. The second-order valence-corrected chi connectivity index (χ2v) is 4.16. The number of halogens is 3. The molecule has 0 bridgehead atoms. The average Bonchev–Trinajstić information content (AvgIpc) is 2.38. The molecule has 0 amide bonds. The normalized spacial score (nSPS) is 11.2. The van der Waals surface area contributed by atoms with E-state index >= 15 is 0 Å². The molecule has 0 aromatic heterocycles. The Labute approximate surface area is 113 Å². The molecule has 7 heteroatoms. The van der Waals surface area contributed by atoms with E-state index in [1.54, 1.807) is 0 Å². The lowest BCUT2D eigenvalue weighted by atomic mass is 9.80. The Morgan fingerprint density at radius 1 is 0.900 bits per heavy atom. The van der Waals surface area contributed by atoms with Crippen molar-refractivity contribution in [2.45, 2.75) is 6.18 Å². The molecule has 3 N–H and O–H groups in total. The molecule has 20 heavy (non-hydrogen) atoms. The third kappa shape index (κ3) is 3.31. The first-order chi connectivity index (χ1) is 9.38. The van der Waals surface area contributed by atoms with E-state index in [1.807, 2.05) is 0 Å². The number of nitrogens with one attached hydrogen (secondary N) is 1. The quantitative estimate of drug-likeness (QED) is 0.755. The molecular formula is C13H11BF3NO2. The maximum atomic E-state index is 12.8. The van der Waals surface area contributed by atoms with Crippen molar-refractivity contribution in [3.8, 4) is 0 Å². The van der Waals surface area contributed by atoms with Crippen LogP contribution >= 0.6 is 0 Å². The van der Waals surface area contributed by atoms with E-state index in [0.29, 0.717) is 5.69 Å². The van der Waals surface area contributed by atoms with Gasteiger partial charge in [-0.15, -0.1) is 0 Å². The average molecular weight is 281 g/mol. The van der Waals surface area contributed by atoms with Gasteiger partial charge >= 0.3 is 13.3 Å². The van der Waals surface area contributed by atoms with Crippen molar-refractivity contribution in [1.29, 1.82) is 0 Å². The highest BCUT2D eigenvalue weighted by Crippen LogP contribution is 2.35. The molecule has 0 aliphatic carbocycles. The lowest BCUT2D eigenvalue weighted by Gasteiger charge is -2.14. The summed E-state index contributed by atoms with van der Waals surface area (Å²) in [5, 5.41) is 20.5. The van der Waals surface area contributed by atoms with Gasteiger partial charge in [0.1, 0.15) is 0 Å². The van der Waals surface area contributed by atoms with E-state index in [4.69, 9.17) is 10.0 Å². The number of benzene rings is 2. The first kappa shape index (κ1) is 14.4. The Morgan fingerprint density at radius 3 is 2.05 bits per heavy atom. The van der Waals surface area contributed by atoms with Gasteiger partial charge in [-0.25, -0.2) is 0 Å². The van der Waals surface area contributed by atoms with E-state index in [0.717, 1.165) is 6.07 Å². The van der Waals surface area contributed by atoms with Crippen molar-refractivity contribution in [2.24, 2.45) is 0 Å². The Bertz CT molecular complexity index is 585. The smallest absolute Gasteiger partial charge is 0.423 e. The van der Waals surface area contributed by atoms with E-state index in [1.165, 1.54) is 42.5 Å². The molecule has 0 spiro atoms. The van der Waals surface area contributed by atoms with Gasteiger partial charge in [0.25, 0.3) is 0 Å². The van der Waals surface area contributed by atoms with Crippen LogP contribution in [0.15, 0.2) is 48.5 Å². The number of hydrogen-bond donors (Lipinski definition) is 3. The van der Waals surface area contributed by atoms with Crippen molar-refractivity contribution < 1.29 is 23.2 Å². The molecule has 0 aliphatic rings. The van der Waals surface area contributed by atoms with Gasteiger partial charge in [-0.1, -0.05) is 24.3 Å². The van der Waals surface area contributed by atoms with Gasteiger partial charge in [-0.2, -0.15) is 13.2 Å². The zero-order valence-electron chi connectivity index (χ0n) is 10.2. The fourth-order valence-corrected chi connectivity index (χ4v) is 1.73. The molecule has 0 radical (unpaired) electrons. The molecule has 0 unspecified atom stereocenters. The standard InChI is InChI=1S/C13H11BF3NO2/c15-13(16,17)11-3-1-2-4-12(11)18-10-7-5-9(6-8-10)14(19)20/h1-8,18-20H. The van der Waals surface area contributed by atoms with Crippen molar-refractivity contribution >= 4 is 24.0 Å². The highest BCUT2D eigenvalue weighted by molar-refractivity contribution is 6.58. The van der Waals surface area contributed by atoms with E-state index in [2.05, 4.69) is 5.32 Å². The monoisotopic (exact) mass is 281 g/mol.